The first-order chi connectivity index (χ1) is 8.60. The number of hydrogen-bond donors (Lipinski definition) is 1. The average molecular weight is 263 g/mol. The molecule has 1 aromatic carbocycles. The van der Waals surface area contributed by atoms with Crippen LogP contribution in [0, 0.1) is 17.1 Å². The maximum absolute atomic E-state index is 13.2. The van der Waals surface area contributed by atoms with E-state index in [1.54, 1.807) is 17.7 Å². The molecule has 0 radical (unpaired) electrons. The Bertz CT molecular complexity index is 616. The minimum atomic E-state index is -0.415. The molecule has 92 valence electrons. The van der Waals surface area contributed by atoms with Gasteiger partial charge in [-0.3, -0.25) is 4.57 Å². The second kappa shape index (κ2) is 5.06. The monoisotopic (exact) mass is 263 g/mol. The molecule has 0 unspecified atom stereocenters. The smallest absolute Gasteiger partial charge is 0.222 e. The molecule has 0 aliphatic carbocycles. The number of hydrogen-bond acceptors (Lipinski definition) is 5. The molecular weight excluding hydrogens is 253 g/mol. The van der Waals surface area contributed by atoms with E-state index in [1.165, 1.54) is 23.9 Å². The molecule has 1 aromatic heterocycles. The van der Waals surface area contributed by atoms with Crippen LogP contribution in [0.4, 0.5) is 10.3 Å². The van der Waals surface area contributed by atoms with Crippen LogP contribution in [-0.2, 0) is 12.8 Å². The van der Waals surface area contributed by atoms with Crippen LogP contribution < -0.4 is 5.73 Å². The van der Waals surface area contributed by atoms with Crippen molar-refractivity contribution in [2.24, 2.45) is 7.05 Å². The van der Waals surface area contributed by atoms with Crippen molar-refractivity contribution in [3.63, 3.8) is 0 Å². The largest absolute Gasteiger partial charge is 0.368 e. The summed E-state index contributed by atoms with van der Waals surface area (Å²) < 4.78 is 14.9. The highest BCUT2D eigenvalue weighted by Crippen LogP contribution is 2.22. The molecule has 18 heavy (non-hydrogen) atoms. The molecule has 0 spiro atoms. The van der Waals surface area contributed by atoms with Crippen LogP contribution in [0.3, 0.4) is 0 Å². The molecule has 0 atom stereocenters. The summed E-state index contributed by atoms with van der Waals surface area (Å²) in [5, 5.41) is 17.0. The van der Waals surface area contributed by atoms with Crippen molar-refractivity contribution in [2.75, 3.05) is 5.73 Å². The molecule has 0 saturated carbocycles. The molecule has 0 aliphatic rings. The van der Waals surface area contributed by atoms with Gasteiger partial charge in [-0.05, 0) is 23.8 Å². The normalized spacial score (nSPS) is 10.3. The third-order valence-corrected chi connectivity index (χ3v) is 3.41. The molecular formula is C11H10FN5S. The van der Waals surface area contributed by atoms with Crippen LogP contribution in [0.5, 0.6) is 0 Å². The van der Waals surface area contributed by atoms with Gasteiger partial charge in [0, 0.05) is 12.8 Å². The molecule has 0 aliphatic heterocycles. The number of anilines is 1. The number of nitrogens with zero attached hydrogens (tertiary/aromatic N) is 4. The van der Waals surface area contributed by atoms with Crippen LogP contribution in [0.1, 0.15) is 11.1 Å². The van der Waals surface area contributed by atoms with Crippen molar-refractivity contribution < 1.29 is 4.39 Å². The number of nitrogen functional groups attached to an aromatic ring is 1. The van der Waals surface area contributed by atoms with Crippen LogP contribution >= 0.6 is 11.8 Å². The molecule has 2 rings (SSSR count). The second-order valence-corrected chi connectivity index (χ2v) is 4.59. The van der Waals surface area contributed by atoms with E-state index in [9.17, 15) is 4.39 Å². The van der Waals surface area contributed by atoms with Gasteiger partial charge < -0.3 is 5.73 Å². The Morgan fingerprint density at radius 1 is 1.44 bits per heavy atom. The van der Waals surface area contributed by atoms with Crippen molar-refractivity contribution in [2.45, 2.75) is 10.9 Å². The number of rotatable bonds is 3. The van der Waals surface area contributed by atoms with E-state index < -0.39 is 5.82 Å². The van der Waals surface area contributed by atoms with Crippen LogP contribution in [0.2, 0.25) is 0 Å². The van der Waals surface area contributed by atoms with E-state index in [2.05, 4.69) is 10.2 Å². The Balaban J connectivity index is 2.13. The molecule has 2 N–H and O–H groups in total. The van der Waals surface area contributed by atoms with E-state index in [4.69, 9.17) is 11.0 Å². The predicted octanol–water partition coefficient (Wildman–Crippen LogP) is 1.70. The lowest BCUT2D eigenvalue weighted by Gasteiger charge is -2.02. The topological polar surface area (TPSA) is 80.5 Å². The first-order valence-electron chi connectivity index (χ1n) is 5.07. The van der Waals surface area contributed by atoms with Gasteiger partial charge in [0.1, 0.15) is 5.82 Å². The SMILES string of the molecule is Cn1c(N)nnc1SCc1cc(F)cc(C#N)c1. The summed E-state index contributed by atoms with van der Waals surface area (Å²) in [4.78, 5) is 0. The van der Waals surface area contributed by atoms with Gasteiger partial charge in [0.25, 0.3) is 0 Å². The fourth-order valence-corrected chi connectivity index (χ4v) is 2.25. The summed E-state index contributed by atoms with van der Waals surface area (Å²) in [6.07, 6.45) is 0. The molecule has 7 heteroatoms. The number of aromatic nitrogens is 3. The lowest BCUT2D eigenvalue weighted by atomic mass is 10.1. The molecule has 1 heterocycles. The molecule has 0 bridgehead atoms. The lowest BCUT2D eigenvalue weighted by molar-refractivity contribution is 0.626. The summed E-state index contributed by atoms with van der Waals surface area (Å²) in [5.41, 5.74) is 6.58. The highest BCUT2D eigenvalue weighted by atomic mass is 32.2. The highest BCUT2D eigenvalue weighted by Gasteiger charge is 2.07. The summed E-state index contributed by atoms with van der Waals surface area (Å²) in [5.74, 6) is 0.412. The van der Waals surface area contributed by atoms with Crippen molar-refractivity contribution in [1.29, 1.82) is 5.26 Å². The van der Waals surface area contributed by atoms with Gasteiger partial charge in [0.05, 0.1) is 11.6 Å². The second-order valence-electron chi connectivity index (χ2n) is 3.65. The Labute approximate surface area is 107 Å². The number of halogens is 1. The van der Waals surface area contributed by atoms with E-state index in [0.29, 0.717) is 22.4 Å². The molecule has 5 nitrogen and oxygen atoms in total. The molecule has 0 amide bonds. The van der Waals surface area contributed by atoms with E-state index in [-0.39, 0.29) is 0 Å². The van der Waals surface area contributed by atoms with Gasteiger partial charge in [-0.2, -0.15) is 5.26 Å². The summed E-state index contributed by atoms with van der Waals surface area (Å²) in [7, 11) is 1.75. The highest BCUT2D eigenvalue weighted by molar-refractivity contribution is 7.98. The Morgan fingerprint density at radius 2 is 2.22 bits per heavy atom. The Kier molecular flexibility index (Phi) is 3.48. The fourth-order valence-electron chi connectivity index (χ4n) is 1.40. The number of nitriles is 1. The maximum Gasteiger partial charge on any atom is 0.222 e. The lowest BCUT2D eigenvalue weighted by Crippen LogP contribution is -1.98. The summed E-state index contributed by atoms with van der Waals surface area (Å²) in [6, 6.07) is 6.17. The van der Waals surface area contributed by atoms with Gasteiger partial charge >= 0.3 is 0 Å². The zero-order valence-electron chi connectivity index (χ0n) is 9.59. The third-order valence-electron chi connectivity index (χ3n) is 2.32. The molecule has 0 fully saturated rings. The summed E-state index contributed by atoms with van der Waals surface area (Å²) >= 11 is 1.38. The van der Waals surface area contributed by atoms with Crippen molar-refractivity contribution in [3.05, 3.63) is 35.1 Å². The van der Waals surface area contributed by atoms with Gasteiger partial charge in [-0.15, -0.1) is 10.2 Å². The number of thioether (sulfide) groups is 1. The van der Waals surface area contributed by atoms with Crippen molar-refractivity contribution in [1.82, 2.24) is 14.8 Å². The van der Waals surface area contributed by atoms with Crippen molar-refractivity contribution in [3.8, 4) is 6.07 Å². The Morgan fingerprint density at radius 3 is 2.83 bits per heavy atom. The van der Waals surface area contributed by atoms with E-state index in [0.717, 1.165) is 5.56 Å². The van der Waals surface area contributed by atoms with Gasteiger partial charge in [-0.25, -0.2) is 4.39 Å². The standard InChI is InChI=1S/C11H10FN5S/c1-17-10(14)15-16-11(17)18-6-8-2-7(5-13)3-9(12)4-8/h2-4H,6H2,1H3,(H2,14,15). The molecule has 0 saturated heterocycles. The molecule has 2 aromatic rings. The van der Waals surface area contributed by atoms with Gasteiger partial charge in [0.15, 0.2) is 5.16 Å². The average Bonchev–Trinajstić information content (AvgIpc) is 2.67. The third kappa shape index (κ3) is 2.60. The quantitative estimate of drug-likeness (QED) is 0.852. The minimum Gasteiger partial charge on any atom is -0.368 e. The van der Waals surface area contributed by atoms with Crippen LogP contribution in [0.25, 0.3) is 0 Å². The van der Waals surface area contributed by atoms with E-state index >= 15 is 0 Å². The maximum atomic E-state index is 13.2. The Hall–Kier alpha value is -2.07. The predicted molar refractivity (Wildman–Crippen MR) is 66.1 cm³/mol. The van der Waals surface area contributed by atoms with Crippen LogP contribution in [0.15, 0.2) is 23.4 Å². The number of benzene rings is 1. The van der Waals surface area contributed by atoms with Gasteiger partial charge in [0.2, 0.25) is 5.95 Å². The van der Waals surface area contributed by atoms with Crippen molar-refractivity contribution >= 4 is 17.7 Å². The first-order valence-corrected chi connectivity index (χ1v) is 6.06. The number of nitrogens with two attached hydrogens (primary N) is 1. The zero-order chi connectivity index (χ0) is 13.1. The van der Waals surface area contributed by atoms with Crippen LogP contribution in [-0.4, -0.2) is 14.8 Å². The van der Waals surface area contributed by atoms with Gasteiger partial charge in [-0.1, -0.05) is 11.8 Å². The summed E-state index contributed by atoms with van der Waals surface area (Å²) in [6.45, 7) is 0. The fraction of sp³-hybridized carbons (Fsp3) is 0.182. The first kappa shape index (κ1) is 12.4. The zero-order valence-corrected chi connectivity index (χ0v) is 10.4. The minimum absolute atomic E-state index is 0.308. The van der Waals surface area contributed by atoms with E-state index in [1.807, 2.05) is 6.07 Å².